The number of hydrogen-bond donors (Lipinski definition) is 3. The van der Waals surface area contributed by atoms with Crippen molar-refractivity contribution in [3.63, 3.8) is 0 Å². The molecule has 0 saturated carbocycles. The van der Waals surface area contributed by atoms with Crippen LogP contribution in [0.3, 0.4) is 0 Å². The second kappa shape index (κ2) is 11.7. The fraction of sp³-hybridized carbons (Fsp3) is 0.227. The number of carbonyl (C=O) groups is 3. The maximum Gasteiger partial charge on any atom is 0.358 e. The molecule has 2 aromatic carbocycles. The summed E-state index contributed by atoms with van der Waals surface area (Å²) in [6, 6.07) is 12.9. The zero-order chi connectivity index (χ0) is 25.5. The van der Waals surface area contributed by atoms with Crippen molar-refractivity contribution in [1.82, 2.24) is 10.2 Å². The lowest BCUT2D eigenvalue weighted by Crippen LogP contribution is -2.69. The Bertz CT molecular complexity index is 1140. The molecule has 1 aliphatic heterocycles. The molecule has 2 unspecified atom stereocenters. The third kappa shape index (κ3) is 6.31. The molecule has 184 valence electrons. The molecule has 11 nitrogen and oxygen atoms in total. The Labute approximate surface area is 213 Å². The van der Waals surface area contributed by atoms with Crippen molar-refractivity contribution in [3.05, 3.63) is 81.7 Å². The summed E-state index contributed by atoms with van der Waals surface area (Å²) >= 11 is 7.33. The number of ether oxygens (including phenoxy) is 2. The number of esters is 1. The summed E-state index contributed by atoms with van der Waals surface area (Å²) in [6.07, 6.45) is 0. The number of non-ortho nitro benzene ring substituents is 1. The van der Waals surface area contributed by atoms with E-state index in [1.165, 1.54) is 24.3 Å². The van der Waals surface area contributed by atoms with Crippen molar-refractivity contribution < 1.29 is 33.9 Å². The number of nitro groups is 1. The number of aliphatic hydroxyl groups excluding tert-OH is 1. The largest absolute Gasteiger partial charge is 0.509 e. The normalized spacial score (nSPS) is 17.7. The van der Waals surface area contributed by atoms with Crippen LogP contribution in [-0.4, -0.2) is 56.1 Å². The number of alkyl halides is 1. The van der Waals surface area contributed by atoms with Crippen molar-refractivity contribution in [1.29, 1.82) is 0 Å². The Kier molecular flexibility index (Phi) is 8.71. The number of nitrogens with one attached hydrogen (secondary N) is 1. The lowest BCUT2D eigenvalue weighted by Gasteiger charge is -2.44. The molecule has 2 amide bonds. The van der Waals surface area contributed by atoms with Gasteiger partial charge < -0.3 is 19.9 Å². The molecule has 1 fully saturated rings. The van der Waals surface area contributed by atoms with Gasteiger partial charge in [0.05, 0.1) is 10.3 Å². The predicted molar refractivity (Wildman–Crippen MR) is 130 cm³/mol. The van der Waals surface area contributed by atoms with Gasteiger partial charge in [0, 0.05) is 12.1 Å². The summed E-state index contributed by atoms with van der Waals surface area (Å²) in [6.45, 7) is -0.590. The van der Waals surface area contributed by atoms with E-state index in [-0.39, 0.29) is 24.2 Å². The standard InChI is InChI=1S/C22H20BrN3O8S/c23-10-16(27)19(22(30)34-11-13-6-8-14(9-7-13)26(31)32)25-20(29)18(21(25)35)24-17(28)12-33-15-4-2-1-3-5-15/h1-9,18,21,27,35H,10-12H2,(H,24,28)/b19-16-. The number of hydrogen-bond acceptors (Lipinski definition) is 9. The van der Waals surface area contributed by atoms with Gasteiger partial charge in [-0.3, -0.25) is 24.6 Å². The number of halogens is 1. The number of aliphatic hydroxyl groups is 1. The predicted octanol–water partition coefficient (Wildman–Crippen LogP) is 2.46. The van der Waals surface area contributed by atoms with Gasteiger partial charge in [0.15, 0.2) is 12.3 Å². The molecule has 0 spiro atoms. The first kappa shape index (κ1) is 26.0. The lowest BCUT2D eigenvalue weighted by atomic mass is 10.1. The van der Waals surface area contributed by atoms with Crippen LogP contribution >= 0.6 is 28.6 Å². The van der Waals surface area contributed by atoms with Crippen LogP contribution in [0.4, 0.5) is 5.69 Å². The number of rotatable bonds is 10. The first-order chi connectivity index (χ1) is 16.7. The van der Waals surface area contributed by atoms with E-state index in [9.17, 15) is 29.6 Å². The van der Waals surface area contributed by atoms with E-state index in [0.29, 0.717) is 11.3 Å². The number of thiol groups is 1. The highest BCUT2D eigenvalue weighted by Crippen LogP contribution is 2.30. The van der Waals surface area contributed by atoms with Crippen LogP contribution in [0.1, 0.15) is 5.56 Å². The topological polar surface area (TPSA) is 148 Å². The van der Waals surface area contributed by atoms with E-state index >= 15 is 0 Å². The number of allylic oxidation sites excluding steroid dienone is 1. The van der Waals surface area contributed by atoms with Crippen LogP contribution in [0, 0.1) is 10.1 Å². The molecule has 0 bridgehead atoms. The van der Waals surface area contributed by atoms with Crippen molar-refractivity contribution in [2.24, 2.45) is 0 Å². The fourth-order valence-corrected chi connectivity index (χ4v) is 3.78. The Balaban J connectivity index is 1.60. The maximum absolute atomic E-state index is 12.7. The van der Waals surface area contributed by atoms with Crippen molar-refractivity contribution in [2.75, 3.05) is 11.9 Å². The quantitative estimate of drug-likeness (QED) is 0.0581. The number of para-hydroxylation sites is 1. The van der Waals surface area contributed by atoms with Crippen LogP contribution < -0.4 is 10.1 Å². The Morgan fingerprint density at radius 2 is 1.83 bits per heavy atom. The average molecular weight is 566 g/mol. The van der Waals surface area contributed by atoms with Gasteiger partial charge in [-0.15, -0.1) is 0 Å². The molecular weight excluding hydrogens is 546 g/mol. The summed E-state index contributed by atoms with van der Waals surface area (Å²) in [4.78, 5) is 48.7. The first-order valence-corrected chi connectivity index (χ1v) is 11.7. The molecule has 13 heteroatoms. The molecule has 0 radical (unpaired) electrons. The molecule has 1 heterocycles. The second-order valence-electron chi connectivity index (χ2n) is 7.20. The van der Waals surface area contributed by atoms with Crippen LogP contribution in [0.2, 0.25) is 0 Å². The van der Waals surface area contributed by atoms with E-state index in [2.05, 4.69) is 33.9 Å². The van der Waals surface area contributed by atoms with E-state index in [1.54, 1.807) is 30.3 Å². The van der Waals surface area contributed by atoms with Gasteiger partial charge >= 0.3 is 5.97 Å². The fourth-order valence-electron chi connectivity index (χ4n) is 3.08. The van der Waals surface area contributed by atoms with Gasteiger partial charge in [0.1, 0.15) is 29.5 Å². The summed E-state index contributed by atoms with van der Waals surface area (Å²) in [7, 11) is 0. The molecule has 2 atom stereocenters. The van der Waals surface area contributed by atoms with Crippen molar-refractivity contribution in [3.8, 4) is 5.75 Å². The van der Waals surface area contributed by atoms with Crippen LogP contribution in [0.5, 0.6) is 5.75 Å². The molecule has 0 aliphatic carbocycles. The number of nitrogens with zero attached hydrogens (tertiary/aromatic N) is 2. The summed E-state index contributed by atoms with van der Waals surface area (Å²) in [5, 5.41) is 22.4. The maximum atomic E-state index is 12.7. The lowest BCUT2D eigenvalue weighted by molar-refractivity contribution is -0.384. The summed E-state index contributed by atoms with van der Waals surface area (Å²) in [5.74, 6) is -2.24. The molecule has 1 aliphatic rings. The Hall–Kier alpha value is -3.58. The summed E-state index contributed by atoms with van der Waals surface area (Å²) < 4.78 is 10.5. The first-order valence-electron chi connectivity index (χ1n) is 10.1. The Morgan fingerprint density at radius 1 is 1.17 bits per heavy atom. The average Bonchev–Trinajstić information content (AvgIpc) is 2.87. The number of benzene rings is 2. The number of carbonyl (C=O) groups excluding carboxylic acids is 3. The van der Waals surface area contributed by atoms with Gasteiger partial charge in [-0.25, -0.2) is 4.79 Å². The number of likely N-dealkylation sites (tertiary alicyclic amines) is 1. The molecule has 0 aromatic heterocycles. The minimum absolute atomic E-state index is 0.121. The number of amides is 2. The summed E-state index contributed by atoms with van der Waals surface area (Å²) in [5.41, 5.74) is -0.0914. The number of β-lactam (4-membered cyclic amide) rings is 1. The van der Waals surface area contributed by atoms with E-state index in [0.717, 1.165) is 4.90 Å². The highest BCUT2D eigenvalue weighted by Gasteiger charge is 2.50. The number of nitro benzene ring substituents is 1. The smallest absolute Gasteiger partial charge is 0.358 e. The van der Waals surface area contributed by atoms with Gasteiger partial charge in [-0.2, -0.15) is 12.6 Å². The molecule has 2 aromatic rings. The third-order valence-electron chi connectivity index (χ3n) is 4.85. The molecular formula is C22H20BrN3O8S. The van der Waals surface area contributed by atoms with Crippen molar-refractivity contribution in [2.45, 2.75) is 18.0 Å². The van der Waals surface area contributed by atoms with Gasteiger partial charge in [-0.05, 0) is 29.8 Å². The van der Waals surface area contributed by atoms with Crippen LogP contribution in [0.15, 0.2) is 66.1 Å². The van der Waals surface area contributed by atoms with Crippen molar-refractivity contribution >= 4 is 52.0 Å². The minimum atomic E-state index is -1.05. The van der Waals surface area contributed by atoms with Gasteiger partial charge in [0.2, 0.25) is 0 Å². The Morgan fingerprint density at radius 3 is 2.40 bits per heavy atom. The second-order valence-corrected chi connectivity index (χ2v) is 8.29. The molecule has 2 N–H and O–H groups in total. The minimum Gasteiger partial charge on any atom is -0.509 e. The molecule has 1 saturated heterocycles. The monoisotopic (exact) mass is 565 g/mol. The van der Waals surface area contributed by atoms with Gasteiger partial charge in [0.25, 0.3) is 17.5 Å². The SMILES string of the molecule is O=C(COc1ccccc1)NC1C(=O)N(/C(C(=O)OCc2ccc([N+](=O)[O-])cc2)=C(\O)CBr)C1S. The zero-order valence-corrected chi connectivity index (χ0v) is 20.5. The van der Waals surface area contributed by atoms with Crippen LogP contribution in [0.25, 0.3) is 0 Å². The third-order valence-corrected chi connectivity index (χ3v) is 5.91. The van der Waals surface area contributed by atoms with E-state index < -0.39 is 45.6 Å². The highest BCUT2D eigenvalue weighted by molar-refractivity contribution is 9.09. The zero-order valence-electron chi connectivity index (χ0n) is 18.0. The highest BCUT2D eigenvalue weighted by atomic mass is 79.9. The van der Waals surface area contributed by atoms with E-state index in [4.69, 9.17) is 9.47 Å². The van der Waals surface area contributed by atoms with Crippen LogP contribution in [-0.2, 0) is 25.7 Å². The van der Waals surface area contributed by atoms with Gasteiger partial charge in [-0.1, -0.05) is 34.1 Å². The van der Waals surface area contributed by atoms with E-state index in [1.807, 2.05) is 0 Å². The molecule has 3 rings (SSSR count). The molecule has 35 heavy (non-hydrogen) atoms.